The Morgan fingerprint density at radius 2 is 2.00 bits per heavy atom. The van der Waals surface area contributed by atoms with Gasteiger partial charge in [0.25, 0.3) is 5.91 Å². The number of rotatable bonds is 6. The molecule has 0 radical (unpaired) electrons. The Hall–Kier alpha value is -2.90. The molecule has 29 heavy (non-hydrogen) atoms. The summed E-state index contributed by atoms with van der Waals surface area (Å²) in [6.45, 7) is 7.15. The molecule has 0 unspecified atom stereocenters. The third-order valence-corrected chi connectivity index (χ3v) is 4.93. The maximum atomic E-state index is 12.4. The standard InChI is InChI=1S/C21H29N5O3/c1-21(2,3)19(28)23-16-9-6-8-15(14-16)18(27)22-11-7-13-26-20(29)25-12-5-4-10-17(25)24-26/h6,8-9,14H,4-5,7,10-13H2,1-3H3,(H,22,27)(H,23,28). The molecule has 3 rings (SSSR count). The Labute approximate surface area is 170 Å². The first-order valence-electron chi connectivity index (χ1n) is 10.1. The first-order valence-corrected chi connectivity index (χ1v) is 10.1. The number of carbonyl (C=O) groups is 2. The topological polar surface area (TPSA) is 98.0 Å². The minimum absolute atomic E-state index is 0.0617. The van der Waals surface area contributed by atoms with Gasteiger partial charge in [0.2, 0.25) is 5.91 Å². The van der Waals surface area contributed by atoms with Crippen LogP contribution in [0.25, 0.3) is 0 Å². The van der Waals surface area contributed by atoms with Crippen molar-refractivity contribution in [2.75, 3.05) is 11.9 Å². The number of hydrogen-bond donors (Lipinski definition) is 2. The lowest BCUT2D eigenvalue weighted by atomic mass is 9.95. The van der Waals surface area contributed by atoms with Crippen molar-refractivity contribution in [3.63, 3.8) is 0 Å². The van der Waals surface area contributed by atoms with Crippen LogP contribution in [0.4, 0.5) is 5.69 Å². The molecule has 1 aliphatic rings. The zero-order valence-corrected chi connectivity index (χ0v) is 17.3. The van der Waals surface area contributed by atoms with E-state index in [0.29, 0.717) is 30.8 Å². The van der Waals surface area contributed by atoms with Crippen molar-refractivity contribution in [1.82, 2.24) is 19.7 Å². The fraction of sp³-hybridized carbons (Fsp3) is 0.524. The summed E-state index contributed by atoms with van der Waals surface area (Å²) < 4.78 is 3.24. The van der Waals surface area contributed by atoms with Gasteiger partial charge in [0.05, 0.1) is 0 Å². The van der Waals surface area contributed by atoms with Crippen LogP contribution in [-0.4, -0.2) is 32.7 Å². The highest BCUT2D eigenvalue weighted by atomic mass is 16.2. The predicted octanol–water partition coefficient (Wildman–Crippen LogP) is 2.19. The van der Waals surface area contributed by atoms with Crippen LogP contribution in [0.3, 0.4) is 0 Å². The molecule has 0 aliphatic carbocycles. The highest BCUT2D eigenvalue weighted by molar-refractivity contribution is 5.98. The zero-order chi connectivity index (χ0) is 21.0. The van der Waals surface area contributed by atoms with Crippen LogP contribution >= 0.6 is 0 Å². The minimum atomic E-state index is -0.511. The average Bonchev–Trinajstić information content (AvgIpc) is 3.00. The number of nitrogens with zero attached hydrogens (tertiary/aromatic N) is 3. The van der Waals surface area contributed by atoms with Gasteiger partial charge in [-0.15, -0.1) is 0 Å². The minimum Gasteiger partial charge on any atom is -0.352 e. The van der Waals surface area contributed by atoms with Crippen molar-refractivity contribution in [3.05, 3.63) is 46.1 Å². The molecule has 2 amide bonds. The summed E-state index contributed by atoms with van der Waals surface area (Å²) in [5.74, 6) is 0.538. The second-order valence-electron chi connectivity index (χ2n) is 8.43. The first-order chi connectivity index (χ1) is 13.8. The van der Waals surface area contributed by atoms with Crippen LogP contribution in [-0.2, 0) is 24.3 Å². The third kappa shape index (κ3) is 5.13. The van der Waals surface area contributed by atoms with E-state index in [1.54, 1.807) is 28.8 Å². The number of hydrogen-bond acceptors (Lipinski definition) is 4. The van der Waals surface area contributed by atoms with Crippen molar-refractivity contribution in [2.24, 2.45) is 5.41 Å². The maximum Gasteiger partial charge on any atom is 0.345 e. The Morgan fingerprint density at radius 3 is 2.72 bits per heavy atom. The highest BCUT2D eigenvalue weighted by Gasteiger charge is 2.21. The number of anilines is 1. The van der Waals surface area contributed by atoms with Gasteiger partial charge in [0, 0.05) is 42.7 Å². The number of aromatic nitrogens is 3. The molecular formula is C21H29N5O3. The van der Waals surface area contributed by atoms with Crippen molar-refractivity contribution < 1.29 is 9.59 Å². The number of nitrogens with one attached hydrogen (secondary N) is 2. The Balaban J connectivity index is 1.51. The van der Waals surface area contributed by atoms with E-state index in [4.69, 9.17) is 0 Å². The predicted molar refractivity (Wildman–Crippen MR) is 111 cm³/mol. The molecule has 0 bridgehead atoms. The Bertz CT molecular complexity index is 952. The van der Waals surface area contributed by atoms with E-state index in [2.05, 4.69) is 15.7 Å². The first kappa shape index (κ1) is 20.8. The van der Waals surface area contributed by atoms with E-state index in [-0.39, 0.29) is 17.5 Å². The molecule has 8 heteroatoms. The van der Waals surface area contributed by atoms with Gasteiger partial charge in [-0.3, -0.25) is 14.2 Å². The summed E-state index contributed by atoms with van der Waals surface area (Å²) in [7, 11) is 0. The lowest BCUT2D eigenvalue weighted by molar-refractivity contribution is -0.123. The second-order valence-corrected chi connectivity index (χ2v) is 8.43. The highest BCUT2D eigenvalue weighted by Crippen LogP contribution is 2.18. The summed E-state index contributed by atoms with van der Waals surface area (Å²) in [5, 5.41) is 10.1. The normalized spacial score (nSPS) is 13.6. The lowest BCUT2D eigenvalue weighted by Gasteiger charge is -2.18. The Morgan fingerprint density at radius 1 is 1.21 bits per heavy atom. The van der Waals surface area contributed by atoms with Gasteiger partial charge in [0.15, 0.2) is 0 Å². The monoisotopic (exact) mass is 399 g/mol. The molecule has 1 aromatic heterocycles. The van der Waals surface area contributed by atoms with Crippen molar-refractivity contribution >= 4 is 17.5 Å². The van der Waals surface area contributed by atoms with Crippen LogP contribution in [0.5, 0.6) is 0 Å². The zero-order valence-electron chi connectivity index (χ0n) is 17.3. The summed E-state index contributed by atoms with van der Waals surface area (Å²) in [4.78, 5) is 36.8. The van der Waals surface area contributed by atoms with Crippen LogP contribution in [0.15, 0.2) is 29.1 Å². The number of amides is 2. The number of fused-ring (bicyclic) bond motifs is 1. The van der Waals surface area contributed by atoms with Gasteiger partial charge in [-0.2, -0.15) is 5.10 Å². The van der Waals surface area contributed by atoms with Crippen LogP contribution in [0.2, 0.25) is 0 Å². The molecule has 8 nitrogen and oxygen atoms in total. The molecule has 0 fully saturated rings. The number of benzene rings is 1. The maximum absolute atomic E-state index is 12.4. The molecule has 1 aromatic carbocycles. The van der Waals surface area contributed by atoms with Crippen LogP contribution in [0, 0.1) is 5.41 Å². The van der Waals surface area contributed by atoms with Gasteiger partial charge in [-0.05, 0) is 37.5 Å². The molecular weight excluding hydrogens is 370 g/mol. The van der Waals surface area contributed by atoms with Gasteiger partial charge < -0.3 is 10.6 Å². The van der Waals surface area contributed by atoms with E-state index in [9.17, 15) is 14.4 Å². The number of aryl methyl sites for hydroxylation is 2. The second kappa shape index (κ2) is 8.63. The van der Waals surface area contributed by atoms with E-state index in [0.717, 1.165) is 31.6 Å². The summed E-state index contributed by atoms with van der Waals surface area (Å²) in [6, 6.07) is 6.86. The molecule has 1 aliphatic heterocycles. The molecule has 0 spiro atoms. The quantitative estimate of drug-likeness (QED) is 0.728. The van der Waals surface area contributed by atoms with E-state index in [1.807, 2.05) is 20.8 Å². The van der Waals surface area contributed by atoms with Crippen molar-refractivity contribution in [3.8, 4) is 0 Å². The molecule has 2 heterocycles. The Kier molecular flexibility index (Phi) is 6.20. The van der Waals surface area contributed by atoms with Crippen LogP contribution in [0.1, 0.15) is 56.2 Å². The lowest BCUT2D eigenvalue weighted by Crippen LogP contribution is -2.29. The molecule has 2 N–H and O–H groups in total. The van der Waals surface area contributed by atoms with Crippen molar-refractivity contribution in [1.29, 1.82) is 0 Å². The SMILES string of the molecule is CC(C)(C)C(=O)Nc1cccc(C(=O)NCCCn2nc3n(c2=O)CCCC3)c1. The fourth-order valence-corrected chi connectivity index (χ4v) is 3.18. The van der Waals surface area contributed by atoms with Gasteiger partial charge >= 0.3 is 5.69 Å². The summed E-state index contributed by atoms with van der Waals surface area (Å²) >= 11 is 0. The number of carbonyl (C=O) groups excluding carboxylic acids is 2. The van der Waals surface area contributed by atoms with E-state index >= 15 is 0 Å². The molecule has 156 valence electrons. The fourth-order valence-electron chi connectivity index (χ4n) is 3.18. The van der Waals surface area contributed by atoms with E-state index in [1.165, 1.54) is 4.68 Å². The molecule has 0 saturated carbocycles. The average molecular weight is 399 g/mol. The van der Waals surface area contributed by atoms with Gasteiger partial charge in [-0.1, -0.05) is 26.8 Å². The van der Waals surface area contributed by atoms with Crippen molar-refractivity contribution in [2.45, 2.75) is 59.5 Å². The third-order valence-electron chi connectivity index (χ3n) is 4.93. The molecule has 0 saturated heterocycles. The van der Waals surface area contributed by atoms with E-state index < -0.39 is 5.41 Å². The smallest absolute Gasteiger partial charge is 0.345 e. The van der Waals surface area contributed by atoms with Gasteiger partial charge in [-0.25, -0.2) is 9.48 Å². The molecule has 0 atom stereocenters. The molecule has 2 aromatic rings. The van der Waals surface area contributed by atoms with Gasteiger partial charge in [0.1, 0.15) is 5.82 Å². The summed E-state index contributed by atoms with van der Waals surface area (Å²) in [6.07, 6.45) is 3.55. The largest absolute Gasteiger partial charge is 0.352 e. The summed E-state index contributed by atoms with van der Waals surface area (Å²) in [5.41, 5.74) is 0.496. The van der Waals surface area contributed by atoms with Crippen LogP contribution < -0.4 is 16.3 Å².